The van der Waals surface area contributed by atoms with Crippen LogP contribution in [0.2, 0.25) is 5.02 Å². The molecule has 0 heterocycles. The fourth-order valence-corrected chi connectivity index (χ4v) is 4.83. The summed E-state index contributed by atoms with van der Waals surface area (Å²) in [5, 5.41) is 0.419. The van der Waals surface area contributed by atoms with E-state index in [1.54, 1.807) is 6.92 Å². The van der Waals surface area contributed by atoms with E-state index in [9.17, 15) is 22.4 Å². The van der Waals surface area contributed by atoms with Crippen molar-refractivity contribution in [3.8, 4) is 11.5 Å². The molecule has 0 fully saturated rings. The van der Waals surface area contributed by atoms with E-state index in [0.29, 0.717) is 5.02 Å². The SMILES string of the molecule is CCOC(=O)c1ccc(N(CCC(N)=O)S(=O)(=O)c2cccc(F)c2Oc2ccc(Cl)cc2)cc1. The average molecular weight is 521 g/mol. The zero-order valence-corrected chi connectivity index (χ0v) is 20.2. The molecule has 0 spiro atoms. The minimum atomic E-state index is -4.46. The lowest BCUT2D eigenvalue weighted by atomic mass is 10.2. The number of ether oxygens (including phenoxy) is 2. The Morgan fingerprint density at radius 1 is 1.03 bits per heavy atom. The number of rotatable bonds is 10. The second kappa shape index (κ2) is 11.2. The number of carbonyl (C=O) groups is 2. The third-order valence-corrected chi connectivity index (χ3v) is 6.86. The van der Waals surface area contributed by atoms with E-state index in [1.165, 1.54) is 60.7 Å². The Balaban J connectivity index is 2.05. The molecule has 0 unspecified atom stereocenters. The summed E-state index contributed by atoms with van der Waals surface area (Å²) in [5.41, 5.74) is 5.58. The van der Waals surface area contributed by atoms with E-state index < -0.39 is 38.4 Å². The van der Waals surface area contributed by atoms with E-state index in [2.05, 4.69) is 0 Å². The Kier molecular flexibility index (Phi) is 8.31. The quantitative estimate of drug-likeness (QED) is 0.393. The third-order valence-electron chi connectivity index (χ3n) is 4.76. The first kappa shape index (κ1) is 26.0. The number of nitrogens with two attached hydrogens (primary N) is 1. The zero-order valence-electron chi connectivity index (χ0n) is 18.6. The molecule has 0 bridgehead atoms. The van der Waals surface area contributed by atoms with Crippen LogP contribution in [0.3, 0.4) is 0 Å². The average Bonchev–Trinajstić information content (AvgIpc) is 2.82. The standard InChI is InChI=1S/C24H22ClFN2O6S/c1-2-33-24(30)16-6-10-18(11-7-16)28(15-14-22(27)29)35(31,32)21-5-3-4-20(26)23(21)34-19-12-8-17(25)9-13-19/h3-13H,2,14-15H2,1H3,(H2,27,29). The molecule has 0 aliphatic carbocycles. The number of nitrogens with zero attached hydrogens (tertiary/aromatic N) is 1. The maximum atomic E-state index is 14.8. The van der Waals surface area contributed by atoms with Gasteiger partial charge in [0, 0.05) is 18.0 Å². The monoisotopic (exact) mass is 520 g/mol. The minimum absolute atomic E-state index is 0.126. The molecule has 3 aromatic carbocycles. The van der Waals surface area contributed by atoms with Crippen molar-refractivity contribution in [3.63, 3.8) is 0 Å². The van der Waals surface area contributed by atoms with Crippen LogP contribution in [0, 0.1) is 5.82 Å². The van der Waals surface area contributed by atoms with Crippen LogP contribution in [0.4, 0.5) is 10.1 Å². The van der Waals surface area contributed by atoms with Crippen LogP contribution in [0.25, 0.3) is 0 Å². The van der Waals surface area contributed by atoms with Crippen LogP contribution in [0.15, 0.2) is 71.6 Å². The van der Waals surface area contributed by atoms with Crippen molar-refractivity contribution < 1.29 is 31.9 Å². The van der Waals surface area contributed by atoms with Gasteiger partial charge < -0.3 is 15.2 Å². The molecule has 0 aromatic heterocycles. The summed E-state index contributed by atoms with van der Waals surface area (Å²) in [6.45, 7) is 1.51. The summed E-state index contributed by atoms with van der Waals surface area (Å²) in [4.78, 5) is 22.9. The summed E-state index contributed by atoms with van der Waals surface area (Å²) in [7, 11) is -4.46. The van der Waals surface area contributed by atoms with Crippen molar-refractivity contribution in [2.75, 3.05) is 17.5 Å². The van der Waals surface area contributed by atoms with Gasteiger partial charge in [0.05, 0.1) is 17.9 Å². The summed E-state index contributed by atoms with van der Waals surface area (Å²) >= 11 is 5.87. The van der Waals surface area contributed by atoms with Crippen LogP contribution in [-0.4, -0.2) is 33.4 Å². The smallest absolute Gasteiger partial charge is 0.338 e. The molecule has 2 N–H and O–H groups in total. The van der Waals surface area contributed by atoms with Crippen LogP contribution in [0.1, 0.15) is 23.7 Å². The summed E-state index contributed by atoms with van der Waals surface area (Å²) in [6, 6.07) is 15.0. The predicted octanol–water partition coefficient (Wildman–Crippen LogP) is 4.52. The van der Waals surface area contributed by atoms with Crippen LogP contribution >= 0.6 is 11.6 Å². The normalized spacial score (nSPS) is 11.1. The van der Waals surface area contributed by atoms with Gasteiger partial charge in [0.1, 0.15) is 10.6 Å². The number of hydrogen-bond donors (Lipinski definition) is 1. The molecule has 1 amide bonds. The van der Waals surface area contributed by atoms with E-state index in [4.69, 9.17) is 26.8 Å². The van der Waals surface area contributed by atoms with Crippen molar-refractivity contribution in [2.24, 2.45) is 5.73 Å². The van der Waals surface area contributed by atoms with E-state index >= 15 is 0 Å². The van der Waals surface area contributed by atoms with Gasteiger partial charge in [-0.3, -0.25) is 9.10 Å². The second-order valence-corrected chi connectivity index (χ2v) is 9.45. The van der Waals surface area contributed by atoms with Gasteiger partial charge in [0.25, 0.3) is 10.0 Å². The number of para-hydroxylation sites is 1. The first-order valence-corrected chi connectivity index (χ1v) is 12.3. The summed E-state index contributed by atoms with van der Waals surface area (Å²) in [6.07, 6.45) is -0.304. The Morgan fingerprint density at radius 3 is 2.29 bits per heavy atom. The number of amides is 1. The largest absolute Gasteiger partial charge is 0.462 e. The predicted molar refractivity (Wildman–Crippen MR) is 129 cm³/mol. The molecule has 35 heavy (non-hydrogen) atoms. The molecule has 3 aromatic rings. The molecule has 11 heteroatoms. The van der Waals surface area contributed by atoms with Crippen molar-refractivity contribution in [3.05, 3.63) is 83.1 Å². The maximum absolute atomic E-state index is 14.8. The van der Waals surface area contributed by atoms with E-state index in [1.807, 2.05) is 0 Å². The Hall–Kier alpha value is -3.63. The van der Waals surface area contributed by atoms with E-state index in [0.717, 1.165) is 10.4 Å². The van der Waals surface area contributed by atoms with Crippen LogP contribution in [-0.2, 0) is 19.6 Å². The highest BCUT2D eigenvalue weighted by atomic mass is 35.5. The highest BCUT2D eigenvalue weighted by Crippen LogP contribution is 2.35. The van der Waals surface area contributed by atoms with Crippen molar-refractivity contribution in [1.29, 1.82) is 0 Å². The van der Waals surface area contributed by atoms with Gasteiger partial charge in [-0.25, -0.2) is 17.6 Å². The number of primary amides is 1. The fraction of sp³-hybridized carbons (Fsp3) is 0.167. The van der Waals surface area contributed by atoms with Gasteiger partial charge in [-0.15, -0.1) is 0 Å². The van der Waals surface area contributed by atoms with Gasteiger partial charge in [0.15, 0.2) is 11.6 Å². The highest BCUT2D eigenvalue weighted by Gasteiger charge is 2.30. The minimum Gasteiger partial charge on any atom is -0.462 e. The molecular weight excluding hydrogens is 499 g/mol. The van der Waals surface area contributed by atoms with Gasteiger partial charge >= 0.3 is 5.97 Å². The molecule has 0 saturated carbocycles. The first-order chi connectivity index (χ1) is 16.6. The number of sulfonamides is 1. The van der Waals surface area contributed by atoms with Gasteiger partial charge in [-0.2, -0.15) is 0 Å². The topological polar surface area (TPSA) is 116 Å². The van der Waals surface area contributed by atoms with Gasteiger partial charge in [0.2, 0.25) is 5.91 Å². The maximum Gasteiger partial charge on any atom is 0.338 e. The number of esters is 1. The molecule has 0 aliphatic rings. The van der Waals surface area contributed by atoms with Crippen LogP contribution < -0.4 is 14.8 Å². The zero-order chi connectivity index (χ0) is 25.6. The molecule has 0 saturated heterocycles. The lowest BCUT2D eigenvalue weighted by Gasteiger charge is -2.25. The molecule has 0 aliphatic heterocycles. The second-order valence-electron chi connectivity index (χ2n) is 7.18. The van der Waals surface area contributed by atoms with Crippen molar-refractivity contribution in [1.82, 2.24) is 0 Å². The lowest BCUT2D eigenvalue weighted by molar-refractivity contribution is -0.117. The molecule has 3 rings (SSSR count). The van der Waals surface area contributed by atoms with E-state index in [-0.39, 0.29) is 36.6 Å². The number of halogens is 2. The Morgan fingerprint density at radius 2 is 1.69 bits per heavy atom. The molecule has 184 valence electrons. The summed E-state index contributed by atoms with van der Waals surface area (Å²) in [5.74, 6) is -2.58. The van der Waals surface area contributed by atoms with Gasteiger partial charge in [-0.1, -0.05) is 17.7 Å². The van der Waals surface area contributed by atoms with Gasteiger partial charge in [-0.05, 0) is 67.6 Å². The summed E-state index contributed by atoms with van der Waals surface area (Å²) < 4.78 is 53.6. The highest BCUT2D eigenvalue weighted by molar-refractivity contribution is 7.93. The number of carbonyl (C=O) groups excluding carboxylic acids is 2. The van der Waals surface area contributed by atoms with Crippen LogP contribution in [0.5, 0.6) is 11.5 Å². The lowest BCUT2D eigenvalue weighted by Crippen LogP contribution is -2.34. The third kappa shape index (κ3) is 6.28. The molecule has 0 atom stereocenters. The number of benzene rings is 3. The molecule has 8 nitrogen and oxygen atoms in total. The Bertz CT molecular complexity index is 1310. The first-order valence-electron chi connectivity index (χ1n) is 10.4. The number of hydrogen-bond acceptors (Lipinski definition) is 6. The van der Waals surface area contributed by atoms with Crippen molar-refractivity contribution in [2.45, 2.75) is 18.2 Å². The Labute approximate surface area is 207 Å². The fourth-order valence-electron chi connectivity index (χ4n) is 3.11. The molecule has 0 radical (unpaired) electrons. The molecular formula is C24H22ClFN2O6S. The van der Waals surface area contributed by atoms with Crippen molar-refractivity contribution >= 4 is 39.2 Å². The number of anilines is 1.